The van der Waals surface area contributed by atoms with Gasteiger partial charge in [0, 0.05) is 31.5 Å². The Morgan fingerprint density at radius 1 is 1.24 bits per heavy atom. The number of hydrogen-bond donors (Lipinski definition) is 3. The number of nitrogens with one attached hydrogen (secondary N) is 1. The summed E-state index contributed by atoms with van der Waals surface area (Å²) in [5, 5.41) is 29.5. The van der Waals surface area contributed by atoms with Gasteiger partial charge in [0.2, 0.25) is 0 Å². The van der Waals surface area contributed by atoms with Crippen molar-refractivity contribution in [3.63, 3.8) is 0 Å². The van der Waals surface area contributed by atoms with Gasteiger partial charge in [0.15, 0.2) is 29.0 Å². The molecule has 0 radical (unpaired) electrons. The largest absolute Gasteiger partial charge is 0.449 e. The monoisotopic (exact) mass is 519 g/mol. The van der Waals surface area contributed by atoms with E-state index in [2.05, 4.69) is 15.5 Å². The fraction of sp³-hybridized carbons (Fsp3) is 0.417. The number of aliphatic hydroxyl groups excluding tert-OH is 2. The fourth-order valence-electron chi connectivity index (χ4n) is 4.02. The summed E-state index contributed by atoms with van der Waals surface area (Å²) in [7, 11) is 0. The van der Waals surface area contributed by atoms with Crippen LogP contribution >= 0.6 is 0 Å². The zero-order chi connectivity index (χ0) is 26.4. The first-order chi connectivity index (χ1) is 17.8. The third-order valence-electron chi connectivity index (χ3n) is 5.94. The van der Waals surface area contributed by atoms with Gasteiger partial charge in [-0.25, -0.2) is 13.5 Å². The molecule has 1 fully saturated rings. The third-order valence-corrected chi connectivity index (χ3v) is 5.94. The van der Waals surface area contributed by atoms with E-state index in [-0.39, 0.29) is 24.0 Å². The van der Waals surface area contributed by atoms with E-state index in [0.29, 0.717) is 32.5 Å². The molecule has 13 heteroatoms. The average Bonchev–Trinajstić information content (AvgIpc) is 3.32. The molecule has 2 aromatic heterocycles. The van der Waals surface area contributed by atoms with Crippen molar-refractivity contribution in [3.05, 3.63) is 64.7 Å². The van der Waals surface area contributed by atoms with E-state index in [9.17, 15) is 23.5 Å². The average molecular weight is 520 g/mol. The minimum Gasteiger partial charge on any atom is -0.449 e. The first-order valence-electron chi connectivity index (χ1n) is 11.8. The first-order valence-corrected chi connectivity index (χ1v) is 11.8. The van der Waals surface area contributed by atoms with Crippen molar-refractivity contribution >= 4 is 11.7 Å². The molecule has 0 bridgehead atoms. The molecule has 1 amide bonds. The van der Waals surface area contributed by atoms with Gasteiger partial charge in [0.05, 0.1) is 25.5 Å². The fourth-order valence-corrected chi connectivity index (χ4v) is 4.02. The van der Waals surface area contributed by atoms with Crippen LogP contribution in [0.1, 0.15) is 25.3 Å². The Balaban J connectivity index is 1.56. The number of aliphatic hydroxyl groups is 2. The molecular weight excluding hydrogens is 492 g/mol. The summed E-state index contributed by atoms with van der Waals surface area (Å²) < 4.78 is 40.9. The van der Waals surface area contributed by atoms with Crippen molar-refractivity contribution in [1.82, 2.24) is 19.6 Å². The minimum absolute atomic E-state index is 0.0307. The van der Waals surface area contributed by atoms with Crippen LogP contribution < -0.4 is 15.6 Å². The van der Waals surface area contributed by atoms with E-state index in [1.165, 1.54) is 23.0 Å². The summed E-state index contributed by atoms with van der Waals surface area (Å²) >= 11 is 0. The van der Waals surface area contributed by atoms with Gasteiger partial charge in [0.25, 0.3) is 11.5 Å². The predicted molar refractivity (Wildman–Crippen MR) is 126 cm³/mol. The molecule has 1 saturated heterocycles. The van der Waals surface area contributed by atoms with E-state index in [1.54, 1.807) is 0 Å². The molecule has 1 aromatic carbocycles. The maximum Gasteiger partial charge on any atom is 0.271 e. The molecule has 0 aliphatic carbocycles. The molecule has 11 nitrogen and oxygen atoms in total. The van der Waals surface area contributed by atoms with E-state index < -0.39 is 47.6 Å². The highest BCUT2D eigenvalue weighted by Crippen LogP contribution is 2.28. The summed E-state index contributed by atoms with van der Waals surface area (Å²) in [6.07, 6.45) is 3.35. The van der Waals surface area contributed by atoms with Crippen LogP contribution in [0.5, 0.6) is 11.5 Å². The number of anilines is 1. The Bertz CT molecular complexity index is 1260. The Morgan fingerprint density at radius 3 is 2.65 bits per heavy atom. The lowest BCUT2D eigenvalue weighted by Crippen LogP contribution is -2.36. The molecule has 0 saturated carbocycles. The number of benzene rings is 1. The second-order valence-corrected chi connectivity index (χ2v) is 8.68. The van der Waals surface area contributed by atoms with E-state index in [4.69, 9.17) is 14.6 Å². The predicted octanol–water partition coefficient (Wildman–Crippen LogP) is 1.86. The number of rotatable bonds is 10. The van der Waals surface area contributed by atoms with Gasteiger partial charge < -0.3 is 25.0 Å². The summed E-state index contributed by atoms with van der Waals surface area (Å²) in [5.74, 6) is -2.98. The number of nitrogens with zero attached hydrogens (tertiary/aromatic N) is 4. The number of ether oxygens (including phenoxy) is 2. The molecule has 0 spiro atoms. The highest BCUT2D eigenvalue weighted by molar-refractivity contribution is 5.92. The lowest BCUT2D eigenvalue weighted by molar-refractivity contribution is -0.120. The van der Waals surface area contributed by atoms with Gasteiger partial charge in [-0.1, -0.05) is 6.07 Å². The molecule has 1 aliphatic rings. The number of carbonyl (C=O) groups excluding carboxylic acids is 1. The zero-order valence-corrected chi connectivity index (χ0v) is 19.8. The van der Waals surface area contributed by atoms with Crippen LogP contribution in [0.2, 0.25) is 0 Å². The second kappa shape index (κ2) is 12.0. The van der Waals surface area contributed by atoms with Crippen molar-refractivity contribution in [2.75, 3.05) is 25.1 Å². The summed E-state index contributed by atoms with van der Waals surface area (Å²) in [4.78, 5) is 26.2. The van der Waals surface area contributed by atoms with Gasteiger partial charge in [-0.15, -0.1) is 0 Å². The topological polar surface area (TPSA) is 141 Å². The van der Waals surface area contributed by atoms with E-state index in [1.807, 2.05) is 0 Å². The number of hydrogen-bond acceptors (Lipinski definition) is 8. The zero-order valence-electron chi connectivity index (χ0n) is 19.8. The van der Waals surface area contributed by atoms with Gasteiger partial charge in [-0.3, -0.25) is 14.3 Å². The van der Waals surface area contributed by atoms with Crippen LogP contribution in [0.4, 0.5) is 14.6 Å². The molecule has 1 aliphatic heterocycles. The first kappa shape index (κ1) is 26.4. The lowest BCUT2D eigenvalue weighted by atomic mass is 9.92. The highest BCUT2D eigenvalue weighted by atomic mass is 19.1. The van der Waals surface area contributed by atoms with Crippen molar-refractivity contribution < 1.29 is 33.3 Å². The molecule has 4 rings (SSSR count). The Kier molecular flexibility index (Phi) is 8.58. The second-order valence-electron chi connectivity index (χ2n) is 8.68. The Morgan fingerprint density at radius 2 is 1.97 bits per heavy atom. The van der Waals surface area contributed by atoms with Crippen LogP contribution in [-0.2, 0) is 16.1 Å². The molecule has 2 atom stereocenters. The van der Waals surface area contributed by atoms with Gasteiger partial charge in [-0.05, 0) is 37.3 Å². The molecule has 198 valence electrons. The normalized spacial score (nSPS) is 15.8. The molecule has 1 unspecified atom stereocenters. The number of amides is 1. The van der Waals surface area contributed by atoms with Crippen LogP contribution in [-0.4, -0.2) is 61.6 Å². The number of para-hydroxylation sites is 1. The molecular formula is C24H27F2N5O6. The quantitative estimate of drug-likeness (QED) is 0.369. The smallest absolute Gasteiger partial charge is 0.271 e. The number of carbonyl (C=O) groups is 1. The van der Waals surface area contributed by atoms with Crippen molar-refractivity contribution in [2.24, 2.45) is 5.92 Å². The van der Waals surface area contributed by atoms with Gasteiger partial charge in [0.1, 0.15) is 6.04 Å². The number of aromatic nitrogens is 4. The summed E-state index contributed by atoms with van der Waals surface area (Å²) in [5.41, 5.74) is -0.696. The molecule has 3 N–H and O–H groups in total. The lowest BCUT2D eigenvalue weighted by Gasteiger charge is -2.26. The Labute approximate surface area is 210 Å². The van der Waals surface area contributed by atoms with Crippen LogP contribution in [0.3, 0.4) is 0 Å². The van der Waals surface area contributed by atoms with Crippen LogP contribution in [0.25, 0.3) is 0 Å². The van der Waals surface area contributed by atoms with Crippen LogP contribution in [0, 0.1) is 17.6 Å². The van der Waals surface area contributed by atoms with Crippen molar-refractivity contribution in [3.8, 4) is 11.5 Å². The van der Waals surface area contributed by atoms with Gasteiger partial charge >= 0.3 is 0 Å². The third kappa shape index (κ3) is 6.76. The summed E-state index contributed by atoms with van der Waals surface area (Å²) in [6, 6.07) is 4.74. The molecule has 3 heterocycles. The molecule has 3 aromatic rings. The maximum absolute atomic E-state index is 13.9. The summed E-state index contributed by atoms with van der Waals surface area (Å²) in [6.45, 7) is 0.676. The molecule has 37 heavy (non-hydrogen) atoms. The van der Waals surface area contributed by atoms with Gasteiger partial charge in [-0.2, -0.15) is 10.2 Å². The SMILES string of the molecule is O=C(Nc1ccn(C[C@@H](O)CO)n1)C(CC1CCOCC1)n1ncc(Oc2c(F)cccc2F)cc1=O. The maximum atomic E-state index is 13.9. The van der Waals surface area contributed by atoms with E-state index in [0.717, 1.165) is 29.1 Å². The Hall–Kier alpha value is -3.68. The van der Waals surface area contributed by atoms with Crippen LogP contribution in [0.15, 0.2) is 47.5 Å². The minimum atomic E-state index is -1.01. The number of halogens is 2. The highest BCUT2D eigenvalue weighted by Gasteiger charge is 2.29. The van der Waals surface area contributed by atoms with Crippen molar-refractivity contribution in [1.29, 1.82) is 0 Å². The van der Waals surface area contributed by atoms with E-state index >= 15 is 0 Å². The standard InChI is InChI=1S/C24H27F2N5O6/c25-18-2-1-3-19(26)23(18)37-17-11-22(34)31(27-12-17)20(10-15-5-8-36-9-6-15)24(35)28-21-4-7-30(29-21)13-16(33)14-32/h1-4,7,11-12,15-16,20,32-33H,5-6,8-10,13-14H2,(H,28,29,35)/t16-,20?/m1/s1. The van der Waals surface area contributed by atoms with Crippen molar-refractivity contribution in [2.45, 2.75) is 38.0 Å².